The van der Waals surface area contributed by atoms with Crippen molar-refractivity contribution in [2.24, 2.45) is 0 Å². The van der Waals surface area contributed by atoms with E-state index in [4.69, 9.17) is 4.98 Å². The number of hydrogen-bond donors (Lipinski definition) is 0. The van der Waals surface area contributed by atoms with Crippen LogP contribution in [0.5, 0.6) is 0 Å². The van der Waals surface area contributed by atoms with Gasteiger partial charge in [0.15, 0.2) is 0 Å². The predicted molar refractivity (Wildman–Crippen MR) is 163 cm³/mol. The monoisotopic (exact) mass is 482 g/mol. The standard InChI is InChI=1S/C37H24N/c1-2-23-19-25-14-16-30-33(32-21-24-9-3-4-10-27(24)28-11-5-6-12-29(28)32)22-34(35-13-7-8-18-38-35)31-17-15-26(20-23)36(25)37(30)31/h2-22H,1H3/q+1. The second-order valence-electron chi connectivity index (χ2n) is 10.1. The van der Waals surface area contributed by atoms with E-state index in [-0.39, 0.29) is 0 Å². The third-order valence-corrected chi connectivity index (χ3v) is 8.07. The highest BCUT2D eigenvalue weighted by molar-refractivity contribution is 6.29. The average Bonchev–Trinajstić information content (AvgIpc) is 2.99. The van der Waals surface area contributed by atoms with Crippen molar-refractivity contribution in [1.29, 1.82) is 0 Å². The fraction of sp³-hybridized carbons (Fsp3) is 0.0270. The second kappa shape index (κ2) is 8.06. The zero-order valence-corrected chi connectivity index (χ0v) is 21.1. The van der Waals surface area contributed by atoms with Gasteiger partial charge in [-0.15, -0.1) is 0 Å². The molecule has 0 bridgehead atoms. The van der Waals surface area contributed by atoms with Gasteiger partial charge in [-0.1, -0.05) is 66.7 Å². The minimum absolute atomic E-state index is 0.999. The van der Waals surface area contributed by atoms with Gasteiger partial charge in [-0.25, -0.2) is 0 Å². The second-order valence-corrected chi connectivity index (χ2v) is 10.1. The minimum atomic E-state index is 0.999. The van der Waals surface area contributed by atoms with E-state index in [1.54, 1.807) is 0 Å². The molecule has 38 heavy (non-hydrogen) atoms. The molecular weight excluding hydrogens is 458 g/mol. The average molecular weight is 483 g/mol. The van der Waals surface area contributed by atoms with Gasteiger partial charge in [-0.3, -0.25) is 4.98 Å². The van der Waals surface area contributed by atoms with Crippen molar-refractivity contribution < 1.29 is 0 Å². The third-order valence-electron chi connectivity index (χ3n) is 8.07. The molecule has 176 valence electrons. The van der Waals surface area contributed by atoms with Gasteiger partial charge in [0.1, 0.15) is 5.56 Å². The molecule has 8 aromatic rings. The molecule has 0 saturated carbocycles. The summed E-state index contributed by atoms with van der Waals surface area (Å²) >= 11 is 0. The number of rotatable bonds is 3. The Morgan fingerprint density at radius 1 is 0.474 bits per heavy atom. The summed E-state index contributed by atoms with van der Waals surface area (Å²) in [5, 5.41) is 12.8. The normalized spacial score (nSPS) is 11.8. The van der Waals surface area contributed by atoms with Crippen LogP contribution in [0, 0.1) is 6.42 Å². The first kappa shape index (κ1) is 21.2. The van der Waals surface area contributed by atoms with Crippen LogP contribution in [0.4, 0.5) is 0 Å². The van der Waals surface area contributed by atoms with E-state index in [1.165, 1.54) is 76.1 Å². The molecule has 0 unspecified atom stereocenters. The summed E-state index contributed by atoms with van der Waals surface area (Å²) < 4.78 is 0. The first-order chi connectivity index (χ1) is 18.8. The van der Waals surface area contributed by atoms with Gasteiger partial charge in [-0.05, 0) is 79.8 Å². The molecular formula is C37H24N+. The summed E-state index contributed by atoms with van der Waals surface area (Å²) in [6, 6.07) is 42.2. The van der Waals surface area contributed by atoms with Crippen molar-refractivity contribution in [2.75, 3.05) is 0 Å². The molecule has 0 N–H and O–H groups in total. The topological polar surface area (TPSA) is 12.9 Å². The van der Waals surface area contributed by atoms with Crippen molar-refractivity contribution in [3.8, 4) is 22.4 Å². The summed E-state index contributed by atoms with van der Waals surface area (Å²) in [4.78, 5) is 4.80. The molecule has 1 heteroatoms. The zero-order valence-electron chi connectivity index (χ0n) is 21.1. The molecule has 7 aromatic carbocycles. The van der Waals surface area contributed by atoms with E-state index < -0.39 is 0 Å². The van der Waals surface area contributed by atoms with Crippen LogP contribution >= 0.6 is 0 Å². The maximum absolute atomic E-state index is 4.80. The lowest BCUT2D eigenvalue weighted by Gasteiger charge is -2.18. The minimum Gasteiger partial charge on any atom is -0.256 e. The molecule has 1 heterocycles. The van der Waals surface area contributed by atoms with Crippen LogP contribution in [0.2, 0.25) is 0 Å². The van der Waals surface area contributed by atoms with Crippen LogP contribution in [-0.4, -0.2) is 4.98 Å². The van der Waals surface area contributed by atoms with Crippen molar-refractivity contribution >= 4 is 53.9 Å². The van der Waals surface area contributed by atoms with Crippen LogP contribution in [-0.2, 0) is 0 Å². The quantitative estimate of drug-likeness (QED) is 0.180. The van der Waals surface area contributed by atoms with Crippen LogP contribution in [0.15, 0.2) is 121 Å². The SMILES string of the molecule is C[CH+]c1cc2ccc3c(-c4ccccn4)cc(-c4cc5ccccc5c5ccccc45)c4ccc(c1)c2c34. The van der Waals surface area contributed by atoms with Gasteiger partial charge in [0, 0.05) is 46.6 Å². The van der Waals surface area contributed by atoms with Gasteiger partial charge in [0.25, 0.3) is 0 Å². The molecule has 0 aliphatic carbocycles. The van der Waals surface area contributed by atoms with E-state index in [9.17, 15) is 0 Å². The fourth-order valence-electron chi connectivity index (χ4n) is 6.34. The Bertz CT molecular complexity index is 2140. The van der Waals surface area contributed by atoms with E-state index >= 15 is 0 Å². The van der Waals surface area contributed by atoms with Crippen LogP contribution in [0.3, 0.4) is 0 Å². The molecule has 0 atom stereocenters. The third kappa shape index (κ3) is 2.99. The smallest absolute Gasteiger partial charge is 0.130 e. The Hall–Kier alpha value is -4.88. The van der Waals surface area contributed by atoms with Crippen LogP contribution in [0.1, 0.15) is 12.5 Å². The maximum Gasteiger partial charge on any atom is 0.130 e. The molecule has 0 aliphatic heterocycles. The van der Waals surface area contributed by atoms with Crippen molar-refractivity contribution in [2.45, 2.75) is 6.92 Å². The van der Waals surface area contributed by atoms with Gasteiger partial charge >= 0.3 is 0 Å². The molecule has 0 saturated heterocycles. The van der Waals surface area contributed by atoms with E-state index in [0.717, 1.165) is 5.69 Å². The van der Waals surface area contributed by atoms with Crippen molar-refractivity contribution in [3.63, 3.8) is 0 Å². The Morgan fingerprint density at radius 3 is 1.87 bits per heavy atom. The summed E-state index contributed by atoms with van der Waals surface area (Å²) in [7, 11) is 0. The predicted octanol–water partition coefficient (Wildman–Crippen LogP) is 10.2. The molecule has 0 spiro atoms. The van der Waals surface area contributed by atoms with Gasteiger partial charge < -0.3 is 0 Å². The summed E-state index contributed by atoms with van der Waals surface area (Å²) in [5.41, 5.74) is 5.93. The largest absolute Gasteiger partial charge is 0.256 e. The molecule has 0 radical (unpaired) electrons. The summed E-state index contributed by atoms with van der Waals surface area (Å²) in [6.07, 6.45) is 4.07. The zero-order chi connectivity index (χ0) is 25.2. The molecule has 8 rings (SSSR count). The summed E-state index contributed by atoms with van der Waals surface area (Å²) in [6.45, 7) is 2.11. The lowest BCUT2D eigenvalue weighted by Crippen LogP contribution is -1.93. The number of pyridine rings is 1. The van der Waals surface area contributed by atoms with E-state index in [0.29, 0.717) is 0 Å². The van der Waals surface area contributed by atoms with Gasteiger partial charge in [-0.2, -0.15) is 0 Å². The molecule has 0 aliphatic rings. The Balaban J connectivity index is 1.59. The number of hydrogen-bond acceptors (Lipinski definition) is 1. The van der Waals surface area contributed by atoms with Crippen LogP contribution in [0.25, 0.3) is 76.2 Å². The first-order valence-corrected chi connectivity index (χ1v) is 13.2. The van der Waals surface area contributed by atoms with Crippen molar-refractivity contribution in [3.05, 3.63) is 133 Å². The van der Waals surface area contributed by atoms with Gasteiger partial charge in [0.05, 0.1) is 17.8 Å². The summed E-state index contributed by atoms with van der Waals surface area (Å²) in [5.74, 6) is 0. The van der Waals surface area contributed by atoms with Gasteiger partial charge in [0.2, 0.25) is 0 Å². The molecule has 0 fully saturated rings. The Kier molecular flexibility index (Phi) is 4.50. The highest BCUT2D eigenvalue weighted by Gasteiger charge is 2.20. The number of nitrogens with zero attached hydrogens (tertiary/aromatic N) is 1. The number of fused-ring (bicyclic) bond motifs is 3. The first-order valence-electron chi connectivity index (χ1n) is 13.2. The number of benzene rings is 7. The van der Waals surface area contributed by atoms with E-state index in [2.05, 4.69) is 123 Å². The molecule has 0 amide bonds. The Labute approximate surface area is 221 Å². The highest BCUT2D eigenvalue weighted by atomic mass is 14.7. The lowest BCUT2D eigenvalue weighted by atomic mass is 9.84. The van der Waals surface area contributed by atoms with E-state index in [1.807, 2.05) is 12.3 Å². The fourth-order valence-corrected chi connectivity index (χ4v) is 6.34. The molecule has 1 aromatic heterocycles. The van der Waals surface area contributed by atoms with Crippen LogP contribution < -0.4 is 0 Å². The molecule has 1 nitrogen and oxygen atoms in total. The lowest BCUT2D eigenvalue weighted by molar-refractivity contribution is 1.33. The Morgan fingerprint density at radius 2 is 1.13 bits per heavy atom. The highest BCUT2D eigenvalue weighted by Crippen LogP contribution is 2.46. The van der Waals surface area contributed by atoms with Crippen molar-refractivity contribution in [1.82, 2.24) is 4.98 Å². The number of aromatic nitrogens is 1. The maximum atomic E-state index is 4.80.